The topological polar surface area (TPSA) is 75.3 Å². The van der Waals surface area contributed by atoms with E-state index in [1.165, 1.54) is 12.5 Å². The number of amides is 1. The average Bonchev–Trinajstić information content (AvgIpc) is 2.53. The van der Waals surface area contributed by atoms with E-state index in [-0.39, 0.29) is 18.5 Å². The lowest BCUT2D eigenvalue weighted by molar-refractivity contribution is -0.120. The molecule has 0 saturated heterocycles. The predicted octanol–water partition coefficient (Wildman–Crippen LogP) is 2.03. The maximum atomic E-state index is 11.8. The lowest BCUT2D eigenvalue weighted by Gasteiger charge is -2.22. The summed E-state index contributed by atoms with van der Waals surface area (Å²) < 4.78 is 25.9. The van der Waals surface area contributed by atoms with Crippen molar-refractivity contribution in [3.63, 3.8) is 0 Å². The molecule has 2 rings (SSSR count). The highest BCUT2D eigenvalue weighted by Gasteiger charge is 2.16. The standard InChI is InChI=1S/C16H22N2O3S/c19-16(18-15-9-5-2-6-10-15)13-17-22(20,21)12-11-14-7-3-1-4-8-14/h1,3-4,7-8,11-12,15,17H,2,5-6,9-10,13H2,(H,18,19). The zero-order valence-corrected chi connectivity index (χ0v) is 13.3. The van der Waals surface area contributed by atoms with Crippen molar-refractivity contribution in [1.82, 2.24) is 10.0 Å². The van der Waals surface area contributed by atoms with Crippen LogP contribution in [0.5, 0.6) is 0 Å². The van der Waals surface area contributed by atoms with Crippen molar-refractivity contribution in [3.05, 3.63) is 41.3 Å². The van der Waals surface area contributed by atoms with E-state index < -0.39 is 10.0 Å². The summed E-state index contributed by atoms with van der Waals surface area (Å²) in [5.41, 5.74) is 0.791. The molecule has 1 aliphatic rings. The van der Waals surface area contributed by atoms with Crippen LogP contribution in [0.25, 0.3) is 6.08 Å². The number of hydrogen-bond acceptors (Lipinski definition) is 3. The molecule has 0 aromatic heterocycles. The number of nitrogens with one attached hydrogen (secondary N) is 2. The summed E-state index contributed by atoms with van der Waals surface area (Å²) in [5.74, 6) is -0.274. The van der Waals surface area contributed by atoms with Crippen molar-refractivity contribution in [2.45, 2.75) is 38.1 Å². The molecule has 120 valence electrons. The third-order valence-corrected chi connectivity index (χ3v) is 4.68. The summed E-state index contributed by atoms with van der Waals surface area (Å²) in [6.07, 6.45) is 6.91. The van der Waals surface area contributed by atoms with Crippen LogP contribution in [0.4, 0.5) is 0 Å². The van der Waals surface area contributed by atoms with Crippen LogP contribution >= 0.6 is 0 Å². The molecule has 0 unspecified atom stereocenters. The molecule has 0 atom stereocenters. The van der Waals surface area contributed by atoms with Crippen LogP contribution in [-0.4, -0.2) is 26.9 Å². The lowest BCUT2D eigenvalue weighted by Crippen LogP contribution is -2.42. The van der Waals surface area contributed by atoms with E-state index in [1.807, 2.05) is 30.3 Å². The fourth-order valence-electron chi connectivity index (χ4n) is 2.47. The van der Waals surface area contributed by atoms with Crippen LogP contribution in [0, 0.1) is 0 Å². The molecule has 5 nitrogen and oxygen atoms in total. The second-order valence-corrected chi connectivity index (χ2v) is 7.13. The van der Waals surface area contributed by atoms with Crippen molar-refractivity contribution in [1.29, 1.82) is 0 Å². The predicted molar refractivity (Wildman–Crippen MR) is 87.4 cm³/mol. The Hall–Kier alpha value is -1.66. The number of carbonyl (C=O) groups excluding carboxylic acids is 1. The van der Waals surface area contributed by atoms with Gasteiger partial charge in [-0.25, -0.2) is 13.1 Å². The number of rotatable bonds is 6. The molecule has 1 aliphatic carbocycles. The van der Waals surface area contributed by atoms with Crippen molar-refractivity contribution < 1.29 is 13.2 Å². The van der Waals surface area contributed by atoms with Gasteiger partial charge in [0.2, 0.25) is 15.9 Å². The molecule has 6 heteroatoms. The molecule has 0 heterocycles. The Bertz CT molecular complexity index is 606. The van der Waals surface area contributed by atoms with E-state index in [4.69, 9.17) is 0 Å². The maximum Gasteiger partial charge on any atom is 0.235 e. The highest BCUT2D eigenvalue weighted by molar-refractivity contribution is 7.92. The fraction of sp³-hybridized carbons (Fsp3) is 0.438. The second-order valence-electron chi connectivity index (χ2n) is 5.48. The van der Waals surface area contributed by atoms with E-state index in [0.717, 1.165) is 36.7 Å². The van der Waals surface area contributed by atoms with E-state index in [2.05, 4.69) is 10.0 Å². The second kappa shape index (κ2) is 8.10. The van der Waals surface area contributed by atoms with E-state index in [9.17, 15) is 13.2 Å². The van der Waals surface area contributed by atoms with Crippen LogP contribution in [0.15, 0.2) is 35.7 Å². The smallest absolute Gasteiger partial charge is 0.235 e. The Morgan fingerprint density at radius 3 is 2.50 bits per heavy atom. The van der Waals surface area contributed by atoms with Gasteiger partial charge in [0.25, 0.3) is 0 Å². The molecule has 1 saturated carbocycles. The zero-order chi connectivity index (χ0) is 15.8. The van der Waals surface area contributed by atoms with Crippen LogP contribution in [0.1, 0.15) is 37.7 Å². The largest absolute Gasteiger partial charge is 0.352 e. The maximum absolute atomic E-state index is 11.8. The molecule has 0 radical (unpaired) electrons. The van der Waals surface area contributed by atoms with Gasteiger partial charge in [0.1, 0.15) is 0 Å². The molecule has 0 spiro atoms. The van der Waals surface area contributed by atoms with Crippen LogP contribution in [-0.2, 0) is 14.8 Å². The first-order valence-corrected chi connectivity index (χ1v) is 9.12. The summed E-state index contributed by atoms with van der Waals surface area (Å²) in [4.78, 5) is 11.8. The molecule has 1 amide bonds. The Balaban J connectivity index is 1.79. The van der Waals surface area contributed by atoms with Gasteiger partial charge in [-0.3, -0.25) is 4.79 Å². The third kappa shape index (κ3) is 5.99. The Labute approximate surface area is 131 Å². The highest BCUT2D eigenvalue weighted by atomic mass is 32.2. The Morgan fingerprint density at radius 1 is 1.14 bits per heavy atom. The van der Waals surface area contributed by atoms with Gasteiger partial charge in [-0.15, -0.1) is 0 Å². The van der Waals surface area contributed by atoms with Crippen LogP contribution in [0.3, 0.4) is 0 Å². The first-order chi connectivity index (χ1) is 10.6. The average molecular weight is 322 g/mol. The van der Waals surface area contributed by atoms with Crippen LogP contribution in [0.2, 0.25) is 0 Å². The quantitative estimate of drug-likeness (QED) is 0.841. The molecule has 1 fully saturated rings. The Kier molecular flexibility index (Phi) is 6.15. The normalized spacial score (nSPS) is 16.7. The van der Waals surface area contributed by atoms with E-state index in [1.54, 1.807) is 0 Å². The zero-order valence-electron chi connectivity index (χ0n) is 12.5. The summed E-state index contributed by atoms with van der Waals surface area (Å²) in [6, 6.07) is 9.32. The first kappa shape index (κ1) is 16.7. The molecule has 1 aromatic rings. The van der Waals surface area contributed by atoms with Crippen molar-refractivity contribution in [2.75, 3.05) is 6.54 Å². The Morgan fingerprint density at radius 2 is 1.82 bits per heavy atom. The summed E-state index contributed by atoms with van der Waals surface area (Å²) in [5, 5.41) is 3.95. The fourth-order valence-corrected chi connectivity index (χ4v) is 3.24. The van der Waals surface area contributed by atoms with Gasteiger partial charge in [0, 0.05) is 11.4 Å². The van der Waals surface area contributed by atoms with Gasteiger partial charge in [0.15, 0.2) is 0 Å². The summed E-state index contributed by atoms with van der Waals surface area (Å²) in [6.45, 7) is -0.224. The van der Waals surface area contributed by atoms with Gasteiger partial charge in [0.05, 0.1) is 6.54 Å². The van der Waals surface area contributed by atoms with Gasteiger partial charge >= 0.3 is 0 Å². The number of sulfonamides is 1. The monoisotopic (exact) mass is 322 g/mol. The molecule has 2 N–H and O–H groups in total. The minimum absolute atomic E-state index is 0.186. The van der Waals surface area contributed by atoms with Crippen molar-refractivity contribution in [3.8, 4) is 0 Å². The van der Waals surface area contributed by atoms with E-state index in [0.29, 0.717) is 0 Å². The first-order valence-electron chi connectivity index (χ1n) is 7.57. The molecule has 0 aliphatic heterocycles. The van der Waals surface area contributed by atoms with Gasteiger partial charge < -0.3 is 5.32 Å². The SMILES string of the molecule is O=C(CNS(=O)(=O)C=Cc1ccccc1)NC1CCCCC1. The van der Waals surface area contributed by atoms with Gasteiger partial charge in [-0.2, -0.15) is 0 Å². The van der Waals surface area contributed by atoms with Gasteiger partial charge in [-0.1, -0.05) is 49.6 Å². The molecule has 22 heavy (non-hydrogen) atoms. The molecular formula is C16H22N2O3S. The number of hydrogen-bond donors (Lipinski definition) is 2. The highest BCUT2D eigenvalue weighted by Crippen LogP contribution is 2.17. The van der Waals surface area contributed by atoms with Gasteiger partial charge in [-0.05, 0) is 24.5 Å². The van der Waals surface area contributed by atoms with Crippen molar-refractivity contribution in [2.24, 2.45) is 0 Å². The summed E-state index contributed by atoms with van der Waals surface area (Å²) >= 11 is 0. The molecule has 0 bridgehead atoms. The minimum Gasteiger partial charge on any atom is -0.352 e. The minimum atomic E-state index is -3.61. The molecule has 1 aromatic carbocycles. The lowest BCUT2D eigenvalue weighted by atomic mass is 9.95. The van der Waals surface area contributed by atoms with E-state index >= 15 is 0 Å². The molecular weight excluding hydrogens is 300 g/mol. The van der Waals surface area contributed by atoms with Crippen molar-refractivity contribution >= 4 is 22.0 Å². The third-order valence-electron chi connectivity index (χ3n) is 3.64. The number of carbonyl (C=O) groups is 1. The summed E-state index contributed by atoms with van der Waals surface area (Å²) in [7, 11) is -3.61. The van der Waals surface area contributed by atoms with Crippen LogP contribution < -0.4 is 10.0 Å². The number of benzene rings is 1.